The molecule has 4 heteroatoms. The van der Waals surface area contributed by atoms with Gasteiger partial charge in [0.2, 0.25) is 0 Å². The summed E-state index contributed by atoms with van der Waals surface area (Å²) in [4.78, 5) is 35.0. The van der Waals surface area contributed by atoms with E-state index in [1.165, 1.54) is 6.92 Å². The van der Waals surface area contributed by atoms with Crippen molar-refractivity contribution in [1.29, 1.82) is 0 Å². The molecule has 0 aromatic carbocycles. The summed E-state index contributed by atoms with van der Waals surface area (Å²) in [6.45, 7) is 8.63. The van der Waals surface area contributed by atoms with E-state index in [1.54, 1.807) is 20.8 Å². The number of ether oxygens (including phenoxy) is 1. The van der Waals surface area contributed by atoms with Gasteiger partial charge in [0.25, 0.3) is 0 Å². The maximum Gasteiger partial charge on any atom is 0.302 e. The van der Waals surface area contributed by atoms with Gasteiger partial charge in [0.1, 0.15) is 6.61 Å². The van der Waals surface area contributed by atoms with Crippen LogP contribution in [0.4, 0.5) is 0 Å². The minimum absolute atomic E-state index is 0.0302. The Morgan fingerprint density at radius 1 is 1.00 bits per heavy atom. The molecule has 0 saturated heterocycles. The highest BCUT2D eigenvalue weighted by Crippen LogP contribution is 2.27. The lowest BCUT2D eigenvalue weighted by atomic mass is 9.83. The van der Waals surface area contributed by atoms with E-state index in [4.69, 9.17) is 4.74 Å². The number of carbonyl (C=O) groups excluding carboxylic acids is 3. The third-order valence-electron chi connectivity index (χ3n) is 3.80. The van der Waals surface area contributed by atoms with Crippen LogP contribution in [0.1, 0.15) is 47.5 Å². The fourth-order valence-electron chi connectivity index (χ4n) is 2.18. The summed E-state index contributed by atoms with van der Waals surface area (Å²) >= 11 is 0. The first-order chi connectivity index (χ1) is 9.75. The second-order valence-corrected chi connectivity index (χ2v) is 5.36. The predicted octanol–water partition coefficient (Wildman–Crippen LogP) is 3.08. The number of esters is 1. The number of allylic oxidation sites excluding steroid dienone is 5. The van der Waals surface area contributed by atoms with Gasteiger partial charge in [-0.05, 0) is 46.6 Å². The van der Waals surface area contributed by atoms with Gasteiger partial charge in [0.05, 0.1) is 0 Å². The Kier molecular flexibility index (Phi) is 5.82. The third-order valence-corrected chi connectivity index (χ3v) is 3.80. The largest absolute Gasteiger partial charge is 0.462 e. The Morgan fingerprint density at radius 2 is 1.57 bits per heavy atom. The lowest BCUT2D eigenvalue weighted by Crippen LogP contribution is -2.20. The van der Waals surface area contributed by atoms with Gasteiger partial charge in [-0.3, -0.25) is 14.4 Å². The van der Waals surface area contributed by atoms with Gasteiger partial charge in [0.15, 0.2) is 11.6 Å². The van der Waals surface area contributed by atoms with Crippen LogP contribution in [0.25, 0.3) is 0 Å². The smallest absolute Gasteiger partial charge is 0.302 e. The molecule has 0 fully saturated rings. The number of rotatable bonds is 5. The van der Waals surface area contributed by atoms with Gasteiger partial charge in [-0.1, -0.05) is 5.57 Å². The molecule has 0 amide bonds. The minimum atomic E-state index is -0.318. The fourth-order valence-corrected chi connectivity index (χ4v) is 2.18. The Bertz CT molecular complexity index is 574. The van der Waals surface area contributed by atoms with Crippen molar-refractivity contribution in [1.82, 2.24) is 0 Å². The molecule has 0 aromatic rings. The highest BCUT2D eigenvalue weighted by Gasteiger charge is 2.27. The first kappa shape index (κ1) is 17.1. The van der Waals surface area contributed by atoms with Crippen molar-refractivity contribution < 1.29 is 19.1 Å². The van der Waals surface area contributed by atoms with Gasteiger partial charge < -0.3 is 4.74 Å². The standard InChI is InChI=1S/C17H22O4/c1-10(8-9-21-14(5)18)6-7-15-13(4)16(19)11(2)12(3)17(15)20/h8H,6-7,9H2,1-5H3/b10-8+. The number of hydrogen-bond acceptors (Lipinski definition) is 4. The zero-order valence-corrected chi connectivity index (χ0v) is 13.3. The van der Waals surface area contributed by atoms with Gasteiger partial charge in [-0.2, -0.15) is 0 Å². The van der Waals surface area contributed by atoms with Crippen LogP contribution in [0.3, 0.4) is 0 Å². The van der Waals surface area contributed by atoms with Crippen LogP contribution in [0.2, 0.25) is 0 Å². The average molecular weight is 290 g/mol. The molecule has 114 valence electrons. The molecule has 1 aliphatic carbocycles. The minimum Gasteiger partial charge on any atom is -0.462 e. The molecule has 4 nitrogen and oxygen atoms in total. The summed E-state index contributed by atoms with van der Waals surface area (Å²) in [6.07, 6.45) is 3.02. The molecule has 0 aromatic heterocycles. The number of hydrogen-bond donors (Lipinski definition) is 0. The lowest BCUT2D eigenvalue weighted by Gasteiger charge is -2.18. The average Bonchev–Trinajstić information content (AvgIpc) is 2.42. The van der Waals surface area contributed by atoms with Crippen LogP contribution in [0.5, 0.6) is 0 Å². The zero-order valence-electron chi connectivity index (χ0n) is 13.3. The summed E-state index contributed by atoms with van der Waals surface area (Å²) < 4.78 is 4.84. The van der Waals surface area contributed by atoms with E-state index in [0.717, 1.165) is 5.57 Å². The van der Waals surface area contributed by atoms with Crippen molar-refractivity contribution in [2.75, 3.05) is 6.61 Å². The van der Waals surface area contributed by atoms with Crippen molar-refractivity contribution in [3.8, 4) is 0 Å². The molecule has 1 aliphatic rings. The van der Waals surface area contributed by atoms with Gasteiger partial charge in [0, 0.05) is 29.2 Å². The van der Waals surface area contributed by atoms with Crippen LogP contribution in [-0.2, 0) is 19.1 Å². The van der Waals surface area contributed by atoms with Crippen LogP contribution in [0.15, 0.2) is 33.9 Å². The summed E-state index contributed by atoms with van der Waals surface area (Å²) in [5.74, 6) is -0.386. The van der Waals surface area contributed by atoms with E-state index in [1.807, 2.05) is 13.0 Å². The molecular formula is C17H22O4. The molecule has 0 N–H and O–H groups in total. The molecule has 0 bridgehead atoms. The second-order valence-electron chi connectivity index (χ2n) is 5.36. The van der Waals surface area contributed by atoms with E-state index < -0.39 is 0 Å². The molecule has 0 heterocycles. The Hall–Kier alpha value is -1.97. The van der Waals surface area contributed by atoms with Crippen molar-refractivity contribution in [3.05, 3.63) is 33.9 Å². The molecular weight excluding hydrogens is 268 g/mol. The second kappa shape index (κ2) is 7.16. The molecule has 0 spiro atoms. The molecule has 1 rings (SSSR count). The Morgan fingerprint density at radius 3 is 2.14 bits per heavy atom. The molecule has 0 saturated carbocycles. The summed E-state index contributed by atoms with van der Waals surface area (Å²) in [7, 11) is 0. The van der Waals surface area contributed by atoms with E-state index >= 15 is 0 Å². The number of ketones is 2. The van der Waals surface area contributed by atoms with Crippen molar-refractivity contribution >= 4 is 17.5 Å². The highest BCUT2D eigenvalue weighted by molar-refractivity contribution is 6.24. The highest BCUT2D eigenvalue weighted by atomic mass is 16.5. The Labute approximate surface area is 125 Å². The Balaban J connectivity index is 2.73. The summed E-state index contributed by atoms with van der Waals surface area (Å²) in [5, 5.41) is 0. The first-order valence-electron chi connectivity index (χ1n) is 7.01. The van der Waals surface area contributed by atoms with E-state index in [0.29, 0.717) is 35.1 Å². The predicted molar refractivity (Wildman–Crippen MR) is 80.7 cm³/mol. The van der Waals surface area contributed by atoms with E-state index in [9.17, 15) is 14.4 Å². The van der Waals surface area contributed by atoms with Crippen LogP contribution in [0, 0.1) is 0 Å². The monoisotopic (exact) mass is 290 g/mol. The normalized spacial score (nSPS) is 16.7. The molecule has 0 aliphatic heterocycles. The van der Waals surface area contributed by atoms with Crippen molar-refractivity contribution in [2.24, 2.45) is 0 Å². The van der Waals surface area contributed by atoms with Crippen LogP contribution >= 0.6 is 0 Å². The maximum atomic E-state index is 12.3. The third kappa shape index (κ3) is 4.25. The van der Waals surface area contributed by atoms with Crippen LogP contribution in [-0.4, -0.2) is 24.1 Å². The molecule has 0 atom stereocenters. The molecule has 0 unspecified atom stereocenters. The van der Waals surface area contributed by atoms with Crippen molar-refractivity contribution in [3.63, 3.8) is 0 Å². The van der Waals surface area contributed by atoms with E-state index in [2.05, 4.69) is 0 Å². The summed E-state index contributed by atoms with van der Waals surface area (Å²) in [5.41, 5.74) is 3.27. The number of Topliss-reactive ketones (excluding diaryl/α,β-unsaturated/α-hetero) is 2. The van der Waals surface area contributed by atoms with Gasteiger partial charge >= 0.3 is 5.97 Å². The SMILES string of the molecule is CC(=O)OC/C=C(\C)CCC1=C(C)C(=O)C(C)=C(C)C1=O. The van der Waals surface area contributed by atoms with E-state index in [-0.39, 0.29) is 24.1 Å². The quantitative estimate of drug-likeness (QED) is 0.443. The van der Waals surface area contributed by atoms with Crippen LogP contribution < -0.4 is 0 Å². The topological polar surface area (TPSA) is 60.4 Å². The van der Waals surface area contributed by atoms with Gasteiger partial charge in [-0.25, -0.2) is 0 Å². The van der Waals surface area contributed by atoms with Crippen molar-refractivity contribution in [2.45, 2.75) is 47.5 Å². The summed E-state index contributed by atoms with van der Waals surface area (Å²) in [6, 6.07) is 0. The fraction of sp³-hybridized carbons (Fsp3) is 0.471. The zero-order chi connectivity index (χ0) is 16.2. The lowest BCUT2D eigenvalue weighted by molar-refractivity contribution is -0.139. The molecule has 0 radical (unpaired) electrons. The maximum absolute atomic E-state index is 12.3. The molecule has 21 heavy (non-hydrogen) atoms. The first-order valence-corrected chi connectivity index (χ1v) is 7.01. The number of carbonyl (C=O) groups is 3. The van der Waals surface area contributed by atoms with Gasteiger partial charge in [-0.15, -0.1) is 0 Å².